The van der Waals surface area contributed by atoms with Gasteiger partial charge in [0.25, 0.3) is 16.6 Å². The predicted molar refractivity (Wildman–Crippen MR) is 234 cm³/mol. The molecule has 1 saturated carbocycles. The van der Waals surface area contributed by atoms with Crippen LogP contribution in [0.1, 0.15) is 87.0 Å². The van der Waals surface area contributed by atoms with Crippen LogP contribution in [0.3, 0.4) is 0 Å². The molecule has 4 aromatic rings. The van der Waals surface area contributed by atoms with E-state index in [1.54, 1.807) is 0 Å². The number of carbonyl (C=O) groups is 1. The zero-order chi connectivity index (χ0) is 39.3. The van der Waals surface area contributed by atoms with Gasteiger partial charge in [-0.15, -0.1) is 6.42 Å². The van der Waals surface area contributed by atoms with Gasteiger partial charge in [0.1, 0.15) is 5.54 Å². The van der Waals surface area contributed by atoms with E-state index in [0.717, 1.165) is 25.7 Å². The number of hydrogen-bond donors (Lipinski definition) is 1. The first kappa shape index (κ1) is 40.7. The van der Waals surface area contributed by atoms with Crippen molar-refractivity contribution in [3.8, 4) is 12.3 Å². The molecule has 1 aliphatic carbocycles. The van der Waals surface area contributed by atoms with Gasteiger partial charge in [-0.3, -0.25) is 4.79 Å². The molecule has 0 spiro atoms. The van der Waals surface area contributed by atoms with Crippen molar-refractivity contribution in [1.82, 2.24) is 5.32 Å². The van der Waals surface area contributed by atoms with Crippen molar-refractivity contribution in [1.29, 1.82) is 0 Å². The van der Waals surface area contributed by atoms with E-state index in [1.165, 1.54) is 20.7 Å². The van der Waals surface area contributed by atoms with Gasteiger partial charge < -0.3 is 14.2 Å². The average molecular weight is 768 g/mol. The Labute approximate surface area is 333 Å². The molecular formula is C49H61NO3Si2. The number of carbonyl (C=O) groups excluding carboxylic acids is 1. The lowest BCUT2D eigenvalue weighted by Gasteiger charge is -2.46. The minimum Gasteiger partial charge on any atom is -0.404 e. The molecule has 1 heterocycles. The van der Waals surface area contributed by atoms with Crippen LogP contribution >= 0.6 is 0 Å². The number of nitrogens with one attached hydrogen (secondary N) is 1. The molecule has 1 amide bonds. The van der Waals surface area contributed by atoms with Gasteiger partial charge in [-0.25, -0.2) is 0 Å². The predicted octanol–water partition coefficient (Wildman–Crippen LogP) is 8.54. The molecule has 4 nitrogen and oxygen atoms in total. The first-order valence-corrected chi connectivity index (χ1v) is 24.2. The summed E-state index contributed by atoms with van der Waals surface area (Å²) < 4.78 is 15.7. The van der Waals surface area contributed by atoms with Crippen molar-refractivity contribution >= 4 is 43.3 Å². The quantitative estimate of drug-likeness (QED) is 0.0606. The zero-order valence-corrected chi connectivity index (χ0v) is 36.1. The van der Waals surface area contributed by atoms with Crippen molar-refractivity contribution in [3.05, 3.63) is 133 Å². The lowest BCUT2D eigenvalue weighted by atomic mass is 9.84. The lowest BCUT2D eigenvalue weighted by Crippen LogP contribution is -2.68. The minimum atomic E-state index is -2.94. The van der Waals surface area contributed by atoms with E-state index in [9.17, 15) is 4.79 Å². The largest absolute Gasteiger partial charge is 0.404 e. The van der Waals surface area contributed by atoms with Crippen molar-refractivity contribution < 1.29 is 13.6 Å². The second-order valence-electron chi connectivity index (χ2n) is 17.8. The van der Waals surface area contributed by atoms with Crippen molar-refractivity contribution in [3.63, 3.8) is 0 Å². The Morgan fingerprint density at radius 2 is 1.22 bits per heavy atom. The normalized spacial score (nSPS) is 22.3. The summed E-state index contributed by atoms with van der Waals surface area (Å²) in [6, 6.07) is 43.4. The molecule has 288 valence electrons. The summed E-state index contributed by atoms with van der Waals surface area (Å²) in [7, 11) is -5.79. The Bertz CT molecular complexity index is 1850. The van der Waals surface area contributed by atoms with E-state index >= 15 is 0 Å². The van der Waals surface area contributed by atoms with Crippen LogP contribution in [0, 0.1) is 24.2 Å². The fourth-order valence-corrected chi connectivity index (χ4v) is 19.0. The molecule has 1 aliphatic heterocycles. The third kappa shape index (κ3) is 7.87. The maximum atomic E-state index is 13.2. The van der Waals surface area contributed by atoms with Crippen molar-refractivity contribution in [2.24, 2.45) is 11.8 Å². The fourth-order valence-electron chi connectivity index (χ4n) is 9.61. The number of fused-ring (bicyclic) bond motifs is 1. The first-order valence-electron chi connectivity index (χ1n) is 20.4. The van der Waals surface area contributed by atoms with E-state index in [1.807, 2.05) is 0 Å². The maximum Gasteiger partial charge on any atom is 0.261 e. The Morgan fingerprint density at radius 1 is 0.764 bits per heavy atom. The molecule has 2 aliphatic rings. The summed E-state index contributed by atoms with van der Waals surface area (Å²) in [6.45, 7) is 16.2. The molecule has 0 radical (unpaired) electrons. The molecule has 0 aromatic heterocycles. The van der Waals surface area contributed by atoms with E-state index in [0.29, 0.717) is 12.8 Å². The van der Waals surface area contributed by atoms with Crippen LogP contribution in [-0.2, 0) is 13.6 Å². The number of benzene rings is 4. The van der Waals surface area contributed by atoms with E-state index in [2.05, 4.69) is 193 Å². The van der Waals surface area contributed by atoms with Crippen LogP contribution in [0.15, 0.2) is 133 Å². The van der Waals surface area contributed by atoms with Crippen LogP contribution in [0.2, 0.25) is 10.1 Å². The van der Waals surface area contributed by atoms with Crippen molar-refractivity contribution in [2.75, 3.05) is 0 Å². The standard InChI is InChI=1S/C49H61NO3Si2/c1-9-11-16-25-38(52-54(47(3,4)5,39-26-17-12-18-27-39)40-28-19-13-20-29-40)34-35-43-44-36-46(51)50-49(44,10-2)37-45(43)53-55(48(6,7)8,41-30-21-14-22-31-41)42-32-23-15-24-33-42/h2,12-15,17-24,26-35,38,43-45H,9,11,16,25,36-37H2,1,3-8H3,(H,50,51)/t38-,43?,44?,45?,49?/m0/s1. The smallest absolute Gasteiger partial charge is 0.261 e. The molecule has 5 atom stereocenters. The summed E-state index contributed by atoms with van der Waals surface area (Å²) in [5.41, 5.74) is -0.765. The number of hydrogen-bond acceptors (Lipinski definition) is 3. The summed E-state index contributed by atoms with van der Waals surface area (Å²) in [5.74, 6) is 2.95. The third-order valence-electron chi connectivity index (χ3n) is 12.2. The minimum absolute atomic E-state index is 0.0216. The maximum absolute atomic E-state index is 13.2. The topological polar surface area (TPSA) is 47.6 Å². The summed E-state index contributed by atoms with van der Waals surface area (Å²) in [6.07, 6.45) is 15.9. The number of unbranched alkanes of at least 4 members (excludes halogenated alkanes) is 2. The van der Waals surface area contributed by atoms with Gasteiger partial charge in [0.2, 0.25) is 5.91 Å². The van der Waals surface area contributed by atoms with Gasteiger partial charge in [0.05, 0.1) is 12.2 Å². The number of rotatable bonds is 14. The van der Waals surface area contributed by atoms with Gasteiger partial charge in [-0.2, -0.15) is 0 Å². The highest BCUT2D eigenvalue weighted by molar-refractivity contribution is 7.00. The van der Waals surface area contributed by atoms with Crippen LogP contribution in [0.5, 0.6) is 0 Å². The number of amides is 1. The Kier molecular flexibility index (Phi) is 12.3. The van der Waals surface area contributed by atoms with E-state index in [-0.39, 0.29) is 40.0 Å². The second kappa shape index (κ2) is 16.6. The summed E-state index contributed by atoms with van der Waals surface area (Å²) in [5, 5.41) is 7.93. The van der Waals surface area contributed by atoms with E-state index < -0.39 is 22.2 Å². The lowest BCUT2D eigenvalue weighted by molar-refractivity contribution is -0.120. The summed E-state index contributed by atoms with van der Waals surface area (Å²) >= 11 is 0. The van der Waals surface area contributed by atoms with Gasteiger partial charge in [0.15, 0.2) is 0 Å². The highest BCUT2D eigenvalue weighted by Crippen LogP contribution is 2.50. The van der Waals surface area contributed by atoms with Crippen LogP contribution in [-0.4, -0.2) is 40.3 Å². The molecule has 6 rings (SSSR count). The molecule has 6 heteroatoms. The SMILES string of the molecule is C#CC12CC(O[Si](c3ccccc3)(c3ccccc3)C(C)(C)C)C(C=C[C@H](CCCCC)O[Si](c3ccccc3)(c3ccccc3)C(C)(C)C)C1CC(=O)N2. The number of terminal acetylenes is 1. The van der Waals surface area contributed by atoms with Crippen LogP contribution in [0.4, 0.5) is 0 Å². The first-order chi connectivity index (χ1) is 26.3. The van der Waals surface area contributed by atoms with Gasteiger partial charge in [0, 0.05) is 24.7 Å². The highest BCUT2D eigenvalue weighted by atomic mass is 28.4. The van der Waals surface area contributed by atoms with E-state index in [4.69, 9.17) is 15.3 Å². The third-order valence-corrected chi connectivity index (χ3v) is 22.3. The Morgan fingerprint density at radius 3 is 1.64 bits per heavy atom. The summed E-state index contributed by atoms with van der Waals surface area (Å²) in [4.78, 5) is 13.2. The fraction of sp³-hybridized carbons (Fsp3) is 0.408. The van der Waals surface area contributed by atoms with Gasteiger partial charge >= 0.3 is 0 Å². The van der Waals surface area contributed by atoms with Gasteiger partial charge in [-0.1, -0.05) is 207 Å². The average Bonchev–Trinajstić information content (AvgIpc) is 3.65. The van der Waals surface area contributed by atoms with Crippen molar-refractivity contribution in [2.45, 2.75) is 115 Å². The second-order valence-corrected chi connectivity index (χ2v) is 26.3. The van der Waals surface area contributed by atoms with Crippen LogP contribution in [0.25, 0.3) is 0 Å². The molecule has 55 heavy (non-hydrogen) atoms. The van der Waals surface area contributed by atoms with Crippen LogP contribution < -0.4 is 26.1 Å². The highest BCUT2D eigenvalue weighted by Gasteiger charge is 2.61. The Hall–Kier alpha value is -4.00. The molecule has 1 saturated heterocycles. The molecule has 4 unspecified atom stereocenters. The molecule has 2 fully saturated rings. The molecule has 0 bridgehead atoms. The zero-order valence-electron chi connectivity index (χ0n) is 34.1. The van der Waals surface area contributed by atoms with Gasteiger partial charge in [-0.05, 0) is 37.2 Å². The molecule has 1 N–H and O–H groups in total. The molecule has 4 aromatic carbocycles. The monoisotopic (exact) mass is 767 g/mol. The Balaban J connectivity index is 1.48. The molecular weight excluding hydrogens is 707 g/mol.